The molecule has 2 N–H and O–H groups in total. The third-order valence-corrected chi connectivity index (χ3v) is 7.05. The normalized spacial score (nSPS) is 31.1. The molecule has 1 fully saturated rings. The summed E-state index contributed by atoms with van der Waals surface area (Å²) in [5, 5.41) is 19.6. The molecule has 2 aliphatic carbocycles. The molecule has 1 aromatic rings. The lowest BCUT2D eigenvalue weighted by Crippen LogP contribution is -2.49. The maximum atomic E-state index is 11.3. The molecule has 0 amide bonds. The Hall–Kier alpha value is -1.77. The van der Waals surface area contributed by atoms with Crippen molar-refractivity contribution >= 4 is 5.97 Å². The van der Waals surface area contributed by atoms with Gasteiger partial charge in [0, 0.05) is 0 Å². The van der Waals surface area contributed by atoms with Crippen LogP contribution in [0.2, 0.25) is 0 Å². The number of phenolic OH excluding ortho intramolecular Hbond substituents is 1. The van der Waals surface area contributed by atoms with Gasteiger partial charge in [0.1, 0.15) is 5.75 Å². The number of hydrogen-bond acceptors (Lipinski definition) is 2. The summed E-state index contributed by atoms with van der Waals surface area (Å²) in [6, 6.07) is 4.64. The molecule has 0 bridgehead atoms. The van der Waals surface area contributed by atoms with E-state index in [1.807, 2.05) is 0 Å². The second-order valence-corrected chi connectivity index (χ2v) is 8.99. The standard InChI is InChI=1S/C22H30O3/c1-14-6-9-19-21(2,3)10-5-11-22(19,4)17(14)13-16-12-15(20(24)25)7-8-18(16)23/h6-8,12,17,19,23H,5,9-11,13H2,1-4H3,(H,24,25). The van der Waals surface area contributed by atoms with Gasteiger partial charge in [0.2, 0.25) is 0 Å². The molecule has 3 atom stereocenters. The van der Waals surface area contributed by atoms with Crippen LogP contribution < -0.4 is 0 Å². The minimum atomic E-state index is -0.944. The summed E-state index contributed by atoms with van der Waals surface area (Å²) in [5.41, 5.74) is 2.91. The van der Waals surface area contributed by atoms with E-state index in [1.165, 1.54) is 37.0 Å². The van der Waals surface area contributed by atoms with Gasteiger partial charge in [-0.15, -0.1) is 0 Å². The fourth-order valence-electron chi connectivity index (χ4n) is 5.63. The number of phenols is 1. The third-order valence-electron chi connectivity index (χ3n) is 7.05. The Morgan fingerprint density at radius 3 is 2.64 bits per heavy atom. The molecule has 2 aliphatic rings. The number of aromatic hydroxyl groups is 1. The first kappa shape index (κ1) is 18.0. The summed E-state index contributed by atoms with van der Waals surface area (Å²) in [7, 11) is 0. The Morgan fingerprint density at radius 2 is 1.96 bits per heavy atom. The summed E-state index contributed by atoms with van der Waals surface area (Å²) in [6.07, 6.45) is 7.93. The first-order valence-corrected chi connectivity index (χ1v) is 9.37. The third kappa shape index (κ3) is 3.09. The maximum Gasteiger partial charge on any atom is 0.335 e. The Kier molecular flexibility index (Phi) is 4.47. The predicted molar refractivity (Wildman–Crippen MR) is 99.9 cm³/mol. The summed E-state index contributed by atoms with van der Waals surface area (Å²) in [5.74, 6) is 0.242. The smallest absolute Gasteiger partial charge is 0.335 e. The lowest BCUT2D eigenvalue weighted by Gasteiger charge is -2.57. The van der Waals surface area contributed by atoms with E-state index in [2.05, 4.69) is 33.8 Å². The second kappa shape index (κ2) is 6.19. The van der Waals surface area contributed by atoms with E-state index in [0.717, 1.165) is 12.0 Å². The van der Waals surface area contributed by atoms with Crippen molar-refractivity contribution in [3.8, 4) is 5.75 Å². The number of carboxylic acids is 1. The lowest BCUT2D eigenvalue weighted by molar-refractivity contribution is -0.0369. The SMILES string of the molecule is CC1=CCC2C(C)(C)CCCC2(C)C1Cc1cc(C(=O)O)ccc1O. The molecule has 0 heterocycles. The summed E-state index contributed by atoms with van der Waals surface area (Å²) >= 11 is 0. The van der Waals surface area contributed by atoms with Crippen LogP contribution in [0.25, 0.3) is 0 Å². The number of hydrogen-bond donors (Lipinski definition) is 2. The molecule has 0 spiro atoms. The van der Waals surface area contributed by atoms with Gasteiger partial charge in [0.15, 0.2) is 0 Å². The fraction of sp³-hybridized carbons (Fsp3) is 0.591. The predicted octanol–water partition coefficient (Wildman–Crippen LogP) is 5.43. The molecule has 136 valence electrons. The highest BCUT2D eigenvalue weighted by atomic mass is 16.4. The number of aromatic carboxylic acids is 1. The van der Waals surface area contributed by atoms with E-state index in [4.69, 9.17) is 0 Å². The van der Waals surface area contributed by atoms with Crippen molar-refractivity contribution < 1.29 is 15.0 Å². The molecule has 3 heteroatoms. The van der Waals surface area contributed by atoms with E-state index in [-0.39, 0.29) is 16.7 Å². The number of carboxylic acid groups (broad SMARTS) is 1. The molecule has 1 aromatic carbocycles. The lowest BCUT2D eigenvalue weighted by atomic mass is 9.48. The fourth-order valence-corrected chi connectivity index (χ4v) is 5.63. The Morgan fingerprint density at radius 1 is 1.24 bits per heavy atom. The van der Waals surface area contributed by atoms with Gasteiger partial charge in [0.05, 0.1) is 5.56 Å². The second-order valence-electron chi connectivity index (χ2n) is 8.99. The first-order chi connectivity index (χ1) is 11.6. The van der Waals surface area contributed by atoms with E-state index in [9.17, 15) is 15.0 Å². The van der Waals surface area contributed by atoms with Gasteiger partial charge < -0.3 is 10.2 Å². The van der Waals surface area contributed by atoms with Gasteiger partial charge in [-0.1, -0.05) is 38.8 Å². The summed E-state index contributed by atoms with van der Waals surface area (Å²) in [4.78, 5) is 11.3. The molecule has 25 heavy (non-hydrogen) atoms. The average molecular weight is 342 g/mol. The maximum absolute atomic E-state index is 11.3. The molecule has 3 unspecified atom stereocenters. The average Bonchev–Trinajstić information content (AvgIpc) is 2.51. The van der Waals surface area contributed by atoms with E-state index in [0.29, 0.717) is 23.7 Å². The van der Waals surface area contributed by atoms with Crippen molar-refractivity contribution in [2.75, 3.05) is 0 Å². The summed E-state index contributed by atoms with van der Waals surface area (Å²) < 4.78 is 0. The molecule has 0 saturated heterocycles. The van der Waals surface area contributed by atoms with Crippen molar-refractivity contribution in [1.29, 1.82) is 0 Å². The molecular weight excluding hydrogens is 312 g/mol. The highest BCUT2D eigenvalue weighted by Crippen LogP contribution is 2.60. The number of allylic oxidation sites excluding steroid dienone is 2. The highest BCUT2D eigenvalue weighted by Gasteiger charge is 2.51. The van der Waals surface area contributed by atoms with Crippen molar-refractivity contribution in [3.05, 3.63) is 41.0 Å². The molecule has 0 aliphatic heterocycles. The number of carbonyl (C=O) groups is 1. The van der Waals surface area contributed by atoms with Gasteiger partial charge in [-0.2, -0.15) is 0 Å². The minimum Gasteiger partial charge on any atom is -0.508 e. The number of benzene rings is 1. The Bertz CT molecular complexity index is 716. The summed E-state index contributed by atoms with van der Waals surface area (Å²) in [6.45, 7) is 9.40. The van der Waals surface area contributed by atoms with Crippen LogP contribution >= 0.6 is 0 Å². The molecular formula is C22H30O3. The molecule has 1 saturated carbocycles. The van der Waals surface area contributed by atoms with Gasteiger partial charge in [-0.3, -0.25) is 0 Å². The molecule has 0 aromatic heterocycles. The number of fused-ring (bicyclic) bond motifs is 1. The molecule has 0 radical (unpaired) electrons. The minimum absolute atomic E-state index is 0.201. The molecule has 3 rings (SSSR count). The van der Waals surface area contributed by atoms with Crippen LogP contribution in [0.4, 0.5) is 0 Å². The van der Waals surface area contributed by atoms with Gasteiger partial charge in [0.25, 0.3) is 0 Å². The van der Waals surface area contributed by atoms with E-state index < -0.39 is 5.97 Å². The van der Waals surface area contributed by atoms with Crippen LogP contribution in [-0.2, 0) is 6.42 Å². The molecule has 3 nitrogen and oxygen atoms in total. The number of rotatable bonds is 3. The van der Waals surface area contributed by atoms with Gasteiger partial charge >= 0.3 is 5.97 Å². The van der Waals surface area contributed by atoms with E-state index in [1.54, 1.807) is 6.07 Å². The van der Waals surface area contributed by atoms with Crippen LogP contribution in [0.5, 0.6) is 5.75 Å². The van der Waals surface area contributed by atoms with Crippen molar-refractivity contribution in [3.63, 3.8) is 0 Å². The van der Waals surface area contributed by atoms with Crippen LogP contribution in [-0.4, -0.2) is 16.2 Å². The van der Waals surface area contributed by atoms with Gasteiger partial charge in [-0.25, -0.2) is 4.79 Å². The first-order valence-electron chi connectivity index (χ1n) is 9.37. The van der Waals surface area contributed by atoms with Crippen LogP contribution in [0.1, 0.15) is 69.3 Å². The monoisotopic (exact) mass is 342 g/mol. The Balaban J connectivity index is 1.98. The topological polar surface area (TPSA) is 57.5 Å². The van der Waals surface area contributed by atoms with Crippen molar-refractivity contribution in [2.45, 2.75) is 59.8 Å². The van der Waals surface area contributed by atoms with Gasteiger partial charge in [-0.05, 0) is 79.0 Å². The zero-order valence-corrected chi connectivity index (χ0v) is 15.8. The van der Waals surface area contributed by atoms with Crippen LogP contribution in [0, 0.1) is 22.7 Å². The largest absolute Gasteiger partial charge is 0.508 e. The quantitative estimate of drug-likeness (QED) is 0.720. The zero-order chi connectivity index (χ0) is 18.4. The van der Waals surface area contributed by atoms with Crippen molar-refractivity contribution in [2.24, 2.45) is 22.7 Å². The highest BCUT2D eigenvalue weighted by molar-refractivity contribution is 5.88. The van der Waals surface area contributed by atoms with Crippen molar-refractivity contribution in [1.82, 2.24) is 0 Å². The van der Waals surface area contributed by atoms with Crippen LogP contribution in [0.15, 0.2) is 29.8 Å². The van der Waals surface area contributed by atoms with Crippen LogP contribution in [0.3, 0.4) is 0 Å². The zero-order valence-electron chi connectivity index (χ0n) is 15.8. The van der Waals surface area contributed by atoms with E-state index >= 15 is 0 Å². The Labute approximate surface area is 150 Å².